The summed E-state index contributed by atoms with van der Waals surface area (Å²) in [7, 11) is 0. The SMILES string of the molecule is CC1=NC(NC2=CCCC=C2)=NC(C)C1. The van der Waals surface area contributed by atoms with Crippen LogP contribution < -0.4 is 5.32 Å². The Labute approximate surface area is 90.7 Å². The van der Waals surface area contributed by atoms with Crippen LogP contribution in [-0.2, 0) is 0 Å². The zero-order valence-electron chi connectivity index (χ0n) is 9.33. The maximum Gasteiger partial charge on any atom is 0.222 e. The average molecular weight is 203 g/mol. The van der Waals surface area contributed by atoms with Crippen LogP contribution in [0.15, 0.2) is 33.9 Å². The summed E-state index contributed by atoms with van der Waals surface area (Å²) in [4.78, 5) is 8.88. The van der Waals surface area contributed by atoms with E-state index in [1.165, 1.54) is 0 Å². The molecule has 1 N–H and O–H groups in total. The van der Waals surface area contributed by atoms with E-state index in [1.807, 2.05) is 0 Å². The number of nitrogens with zero attached hydrogens (tertiary/aromatic N) is 2. The van der Waals surface area contributed by atoms with E-state index < -0.39 is 0 Å². The number of aliphatic imine (C=N–C) groups is 2. The fourth-order valence-electron chi connectivity index (χ4n) is 1.83. The van der Waals surface area contributed by atoms with Gasteiger partial charge in [-0.15, -0.1) is 0 Å². The lowest BCUT2D eigenvalue weighted by molar-refractivity contribution is 0.757. The van der Waals surface area contributed by atoms with E-state index in [4.69, 9.17) is 0 Å². The molecule has 0 aromatic rings. The van der Waals surface area contributed by atoms with E-state index in [-0.39, 0.29) is 0 Å². The number of hydrogen-bond acceptors (Lipinski definition) is 3. The highest BCUT2D eigenvalue weighted by Crippen LogP contribution is 2.10. The summed E-state index contributed by atoms with van der Waals surface area (Å²) in [6.07, 6.45) is 9.66. The third kappa shape index (κ3) is 2.78. The molecule has 80 valence electrons. The van der Waals surface area contributed by atoms with Crippen LogP contribution in [0.4, 0.5) is 0 Å². The number of rotatable bonds is 1. The molecule has 0 saturated carbocycles. The number of hydrogen-bond donors (Lipinski definition) is 1. The first kappa shape index (κ1) is 10.1. The van der Waals surface area contributed by atoms with Crippen LogP contribution in [0.3, 0.4) is 0 Å². The van der Waals surface area contributed by atoms with Crippen LogP contribution >= 0.6 is 0 Å². The van der Waals surface area contributed by atoms with Gasteiger partial charge >= 0.3 is 0 Å². The van der Waals surface area contributed by atoms with Crippen molar-refractivity contribution in [2.75, 3.05) is 0 Å². The van der Waals surface area contributed by atoms with Crippen molar-refractivity contribution in [3.05, 3.63) is 23.9 Å². The lowest BCUT2D eigenvalue weighted by Gasteiger charge is -2.17. The van der Waals surface area contributed by atoms with Gasteiger partial charge in [0.15, 0.2) is 0 Å². The van der Waals surface area contributed by atoms with Gasteiger partial charge in [-0.05, 0) is 32.8 Å². The first-order chi connectivity index (χ1) is 7.24. The first-order valence-corrected chi connectivity index (χ1v) is 5.50. The molecule has 0 saturated heterocycles. The topological polar surface area (TPSA) is 36.8 Å². The maximum absolute atomic E-state index is 4.47. The van der Waals surface area contributed by atoms with Gasteiger partial charge in [-0.25, -0.2) is 9.98 Å². The van der Waals surface area contributed by atoms with E-state index in [0.717, 1.165) is 36.6 Å². The minimum absolute atomic E-state index is 0.346. The van der Waals surface area contributed by atoms with Gasteiger partial charge in [0, 0.05) is 17.8 Å². The Morgan fingerprint density at radius 3 is 2.93 bits per heavy atom. The normalized spacial score (nSPS) is 25.5. The molecule has 0 radical (unpaired) electrons. The highest BCUT2D eigenvalue weighted by Gasteiger charge is 2.11. The minimum atomic E-state index is 0.346. The van der Waals surface area contributed by atoms with Gasteiger partial charge in [0.2, 0.25) is 5.96 Å². The standard InChI is InChI=1S/C12H17N3/c1-9-8-10(2)14-12(13-9)15-11-6-4-3-5-7-11/h4,6-7,9H,3,5,8H2,1-2H3,(H,13,15). The van der Waals surface area contributed by atoms with Crippen LogP contribution in [0, 0.1) is 0 Å². The predicted molar refractivity (Wildman–Crippen MR) is 64.2 cm³/mol. The van der Waals surface area contributed by atoms with Gasteiger partial charge in [-0.3, -0.25) is 0 Å². The minimum Gasteiger partial charge on any atom is -0.325 e. The molecule has 0 amide bonds. The third-order valence-electron chi connectivity index (χ3n) is 2.48. The molecule has 1 unspecified atom stereocenters. The van der Waals surface area contributed by atoms with Crippen molar-refractivity contribution < 1.29 is 0 Å². The van der Waals surface area contributed by atoms with Gasteiger partial charge in [0.25, 0.3) is 0 Å². The quantitative estimate of drug-likeness (QED) is 0.698. The van der Waals surface area contributed by atoms with Crippen LogP contribution in [0.5, 0.6) is 0 Å². The highest BCUT2D eigenvalue weighted by atomic mass is 15.2. The Kier molecular flexibility index (Phi) is 2.99. The molecule has 2 aliphatic rings. The summed E-state index contributed by atoms with van der Waals surface area (Å²) < 4.78 is 0. The largest absolute Gasteiger partial charge is 0.325 e. The lowest BCUT2D eigenvalue weighted by Crippen LogP contribution is -2.27. The van der Waals surface area contributed by atoms with Crippen molar-refractivity contribution in [2.24, 2.45) is 9.98 Å². The molecule has 3 nitrogen and oxygen atoms in total. The second-order valence-corrected chi connectivity index (χ2v) is 4.12. The average Bonchev–Trinajstić information content (AvgIpc) is 2.17. The predicted octanol–water partition coefficient (Wildman–Crippen LogP) is 2.42. The highest BCUT2D eigenvalue weighted by molar-refractivity contribution is 5.98. The number of allylic oxidation sites excluding steroid dienone is 3. The van der Waals surface area contributed by atoms with Crippen molar-refractivity contribution in [3.8, 4) is 0 Å². The van der Waals surface area contributed by atoms with E-state index in [2.05, 4.69) is 47.4 Å². The van der Waals surface area contributed by atoms with Gasteiger partial charge in [-0.1, -0.05) is 12.2 Å². The first-order valence-electron chi connectivity index (χ1n) is 5.50. The van der Waals surface area contributed by atoms with Crippen LogP contribution in [-0.4, -0.2) is 17.7 Å². The van der Waals surface area contributed by atoms with E-state index in [1.54, 1.807) is 0 Å². The molecular formula is C12H17N3. The van der Waals surface area contributed by atoms with Crippen molar-refractivity contribution in [3.63, 3.8) is 0 Å². The Hall–Kier alpha value is -1.38. The van der Waals surface area contributed by atoms with Crippen molar-refractivity contribution in [2.45, 2.75) is 39.2 Å². The zero-order chi connectivity index (χ0) is 10.7. The third-order valence-corrected chi connectivity index (χ3v) is 2.48. The van der Waals surface area contributed by atoms with Crippen molar-refractivity contribution in [1.82, 2.24) is 5.32 Å². The number of nitrogens with one attached hydrogen (secondary N) is 1. The molecule has 0 bridgehead atoms. The molecule has 15 heavy (non-hydrogen) atoms. The smallest absolute Gasteiger partial charge is 0.222 e. The summed E-state index contributed by atoms with van der Waals surface area (Å²) in [5.41, 5.74) is 2.27. The summed E-state index contributed by atoms with van der Waals surface area (Å²) >= 11 is 0. The van der Waals surface area contributed by atoms with Gasteiger partial charge < -0.3 is 5.32 Å². The Bertz CT molecular complexity index is 361. The molecule has 1 aliphatic heterocycles. The molecule has 1 heterocycles. The van der Waals surface area contributed by atoms with E-state index >= 15 is 0 Å². The Morgan fingerprint density at radius 2 is 2.27 bits per heavy atom. The molecular weight excluding hydrogens is 186 g/mol. The fraction of sp³-hybridized carbons (Fsp3) is 0.500. The van der Waals surface area contributed by atoms with Crippen molar-refractivity contribution >= 4 is 11.7 Å². The summed E-state index contributed by atoms with van der Waals surface area (Å²) in [6.45, 7) is 4.17. The molecule has 2 rings (SSSR count). The molecule has 0 aromatic heterocycles. The van der Waals surface area contributed by atoms with Gasteiger partial charge in [-0.2, -0.15) is 0 Å². The zero-order valence-corrected chi connectivity index (χ0v) is 9.33. The van der Waals surface area contributed by atoms with Gasteiger partial charge in [0.05, 0.1) is 6.04 Å². The van der Waals surface area contributed by atoms with Crippen LogP contribution in [0.25, 0.3) is 0 Å². The van der Waals surface area contributed by atoms with Crippen LogP contribution in [0.1, 0.15) is 33.1 Å². The Morgan fingerprint density at radius 1 is 1.40 bits per heavy atom. The van der Waals surface area contributed by atoms with Crippen LogP contribution in [0.2, 0.25) is 0 Å². The molecule has 1 atom stereocenters. The summed E-state index contributed by atoms with van der Waals surface area (Å²) in [6, 6.07) is 0.346. The second kappa shape index (κ2) is 4.43. The van der Waals surface area contributed by atoms with E-state index in [9.17, 15) is 0 Å². The van der Waals surface area contributed by atoms with E-state index in [0.29, 0.717) is 6.04 Å². The molecule has 0 fully saturated rings. The van der Waals surface area contributed by atoms with Gasteiger partial charge in [0.1, 0.15) is 0 Å². The van der Waals surface area contributed by atoms with Crippen molar-refractivity contribution in [1.29, 1.82) is 0 Å². The molecule has 3 heteroatoms. The monoisotopic (exact) mass is 203 g/mol. The lowest BCUT2D eigenvalue weighted by atomic mass is 10.1. The number of guanidine groups is 1. The molecule has 0 spiro atoms. The molecule has 0 aromatic carbocycles. The summed E-state index contributed by atoms with van der Waals surface area (Å²) in [5.74, 6) is 0.754. The second-order valence-electron chi connectivity index (χ2n) is 4.12. The fourth-order valence-corrected chi connectivity index (χ4v) is 1.83. The molecule has 1 aliphatic carbocycles. The maximum atomic E-state index is 4.47. The summed E-state index contributed by atoms with van der Waals surface area (Å²) in [5, 5.41) is 3.26. The Balaban J connectivity index is 2.05.